The molecule has 1 aliphatic carbocycles. The highest BCUT2D eigenvalue weighted by atomic mass is 16.4. The second-order valence-corrected chi connectivity index (χ2v) is 7.65. The first-order chi connectivity index (χ1) is 13.5. The van der Waals surface area contributed by atoms with Gasteiger partial charge in [-0.1, -0.05) is 12.8 Å². The predicted octanol–water partition coefficient (Wildman–Crippen LogP) is 4.64. The lowest BCUT2D eigenvalue weighted by molar-refractivity contribution is -0.119. The van der Waals surface area contributed by atoms with Gasteiger partial charge in [0, 0.05) is 22.9 Å². The van der Waals surface area contributed by atoms with Crippen molar-refractivity contribution in [2.45, 2.75) is 53.0 Å². The molecule has 1 fully saturated rings. The lowest BCUT2D eigenvalue weighted by Crippen LogP contribution is -2.20. The van der Waals surface area contributed by atoms with Crippen LogP contribution in [0.5, 0.6) is 0 Å². The largest absolute Gasteiger partial charge is 0.441 e. The summed E-state index contributed by atoms with van der Waals surface area (Å²) in [5, 5.41) is 7.51. The van der Waals surface area contributed by atoms with Crippen LogP contribution in [0.4, 0.5) is 5.69 Å². The van der Waals surface area contributed by atoms with Crippen molar-refractivity contribution in [3.8, 4) is 11.5 Å². The smallest absolute Gasteiger partial charge is 0.227 e. The van der Waals surface area contributed by atoms with E-state index in [1.807, 2.05) is 49.7 Å². The Morgan fingerprint density at radius 3 is 2.54 bits per heavy atom. The quantitative estimate of drug-likeness (QED) is 0.702. The monoisotopic (exact) mass is 378 g/mol. The van der Waals surface area contributed by atoms with E-state index in [2.05, 4.69) is 21.5 Å². The topological polar surface area (TPSA) is 73.0 Å². The lowest BCUT2D eigenvalue weighted by atomic mass is 10.1. The summed E-state index contributed by atoms with van der Waals surface area (Å²) in [6.07, 6.45) is 4.30. The van der Waals surface area contributed by atoms with E-state index in [0.29, 0.717) is 12.4 Å². The Hall–Kier alpha value is -2.89. The van der Waals surface area contributed by atoms with Crippen molar-refractivity contribution in [1.82, 2.24) is 14.8 Å². The number of aryl methyl sites for hydroxylation is 3. The first-order valence-electron chi connectivity index (χ1n) is 9.88. The van der Waals surface area contributed by atoms with Gasteiger partial charge in [-0.15, -0.1) is 0 Å². The van der Waals surface area contributed by atoms with Crippen molar-refractivity contribution in [3.63, 3.8) is 0 Å². The highest BCUT2D eigenvalue weighted by Crippen LogP contribution is 2.27. The number of oxazole rings is 1. The molecule has 4 rings (SSSR count). The zero-order valence-corrected chi connectivity index (χ0v) is 16.7. The highest BCUT2D eigenvalue weighted by molar-refractivity contribution is 5.92. The summed E-state index contributed by atoms with van der Waals surface area (Å²) in [4.78, 5) is 16.9. The molecule has 28 heavy (non-hydrogen) atoms. The molecule has 1 amide bonds. The Morgan fingerprint density at radius 1 is 1.18 bits per heavy atom. The molecule has 146 valence electrons. The third kappa shape index (κ3) is 3.86. The zero-order valence-electron chi connectivity index (χ0n) is 16.7. The van der Waals surface area contributed by atoms with Gasteiger partial charge in [0.25, 0.3) is 0 Å². The van der Waals surface area contributed by atoms with Crippen molar-refractivity contribution >= 4 is 11.6 Å². The van der Waals surface area contributed by atoms with Gasteiger partial charge in [0.15, 0.2) is 0 Å². The minimum absolute atomic E-state index is 0.129. The van der Waals surface area contributed by atoms with Gasteiger partial charge >= 0.3 is 0 Å². The second-order valence-electron chi connectivity index (χ2n) is 7.65. The fraction of sp³-hybridized carbons (Fsp3) is 0.409. The Balaban J connectivity index is 1.47. The third-order valence-electron chi connectivity index (χ3n) is 5.42. The summed E-state index contributed by atoms with van der Waals surface area (Å²) < 4.78 is 7.82. The van der Waals surface area contributed by atoms with Crippen LogP contribution in [0.1, 0.15) is 48.5 Å². The first-order valence-corrected chi connectivity index (χ1v) is 9.88. The molecule has 1 saturated carbocycles. The van der Waals surface area contributed by atoms with Crippen LogP contribution in [0, 0.1) is 26.7 Å². The highest BCUT2D eigenvalue weighted by Gasteiger charge is 2.22. The van der Waals surface area contributed by atoms with Crippen molar-refractivity contribution in [2.75, 3.05) is 5.32 Å². The SMILES string of the molecule is Cc1cc(C)n(Cc2nc(-c3ccc(NC(=O)C4CCCC4)cc3)oc2C)n1. The van der Waals surface area contributed by atoms with Gasteiger partial charge in [-0.2, -0.15) is 5.10 Å². The van der Waals surface area contributed by atoms with E-state index in [1.165, 1.54) is 0 Å². The van der Waals surface area contributed by atoms with E-state index >= 15 is 0 Å². The van der Waals surface area contributed by atoms with Gasteiger partial charge in [-0.25, -0.2) is 4.98 Å². The Labute approximate surface area is 165 Å². The lowest BCUT2D eigenvalue weighted by Gasteiger charge is -2.10. The van der Waals surface area contributed by atoms with Gasteiger partial charge in [0.2, 0.25) is 11.8 Å². The van der Waals surface area contributed by atoms with Gasteiger partial charge in [0.1, 0.15) is 11.5 Å². The number of benzene rings is 1. The van der Waals surface area contributed by atoms with Gasteiger partial charge in [0.05, 0.1) is 12.2 Å². The number of hydrogen-bond donors (Lipinski definition) is 1. The fourth-order valence-corrected chi connectivity index (χ4v) is 3.80. The summed E-state index contributed by atoms with van der Waals surface area (Å²) in [7, 11) is 0. The van der Waals surface area contributed by atoms with Crippen molar-refractivity contribution in [3.05, 3.63) is 53.2 Å². The first kappa shape index (κ1) is 18.5. The molecular formula is C22H26N4O2. The number of aromatic nitrogens is 3. The average Bonchev–Trinajstić information content (AvgIpc) is 3.38. The number of rotatable bonds is 5. The molecule has 0 saturated heterocycles. The summed E-state index contributed by atoms with van der Waals surface area (Å²) in [6, 6.07) is 9.73. The number of carbonyl (C=O) groups excluding carboxylic acids is 1. The molecule has 0 spiro atoms. The van der Waals surface area contributed by atoms with Crippen molar-refractivity contribution in [2.24, 2.45) is 5.92 Å². The Bertz CT molecular complexity index is 979. The van der Waals surface area contributed by atoms with E-state index in [4.69, 9.17) is 4.42 Å². The normalized spacial score (nSPS) is 14.5. The van der Waals surface area contributed by atoms with E-state index in [0.717, 1.165) is 59.8 Å². The van der Waals surface area contributed by atoms with E-state index < -0.39 is 0 Å². The fourth-order valence-electron chi connectivity index (χ4n) is 3.80. The number of nitrogens with zero attached hydrogens (tertiary/aromatic N) is 3. The van der Waals surface area contributed by atoms with E-state index in [9.17, 15) is 4.79 Å². The van der Waals surface area contributed by atoms with Crippen LogP contribution < -0.4 is 5.32 Å². The van der Waals surface area contributed by atoms with Gasteiger partial charge in [-0.05, 0) is 63.9 Å². The third-order valence-corrected chi connectivity index (χ3v) is 5.42. The van der Waals surface area contributed by atoms with Crippen LogP contribution >= 0.6 is 0 Å². The molecule has 0 aliphatic heterocycles. The Morgan fingerprint density at radius 2 is 1.89 bits per heavy atom. The number of nitrogens with one attached hydrogen (secondary N) is 1. The number of carbonyl (C=O) groups is 1. The van der Waals surface area contributed by atoms with Crippen molar-refractivity contribution < 1.29 is 9.21 Å². The Kier molecular flexibility index (Phi) is 5.03. The molecule has 1 N–H and O–H groups in total. The van der Waals surface area contributed by atoms with Crippen LogP contribution in [-0.2, 0) is 11.3 Å². The molecule has 6 heteroatoms. The minimum Gasteiger partial charge on any atom is -0.441 e. The zero-order chi connectivity index (χ0) is 19.7. The molecule has 0 atom stereocenters. The second kappa shape index (κ2) is 7.62. The number of amides is 1. The number of hydrogen-bond acceptors (Lipinski definition) is 4. The van der Waals surface area contributed by atoms with Crippen LogP contribution in [-0.4, -0.2) is 20.7 Å². The van der Waals surface area contributed by atoms with E-state index in [-0.39, 0.29) is 11.8 Å². The van der Waals surface area contributed by atoms with Crippen LogP contribution in [0.2, 0.25) is 0 Å². The van der Waals surface area contributed by atoms with Crippen LogP contribution in [0.25, 0.3) is 11.5 Å². The molecule has 6 nitrogen and oxygen atoms in total. The maximum absolute atomic E-state index is 12.3. The average molecular weight is 378 g/mol. The summed E-state index contributed by atoms with van der Waals surface area (Å²) in [6.45, 7) is 6.53. The summed E-state index contributed by atoms with van der Waals surface area (Å²) in [5.74, 6) is 1.67. The standard InChI is InChI=1S/C22H26N4O2/c1-14-12-15(2)26(25-14)13-20-16(3)28-22(24-20)18-8-10-19(11-9-18)23-21(27)17-6-4-5-7-17/h8-12,17H,4-7,13H2,1-3H3,(H,23,27). The molecular weight excluding hydrogens is 352 g/mol. The van der Waals surface area contributed by atoms with Crippen LogP contribution in [0.3, 0.4) is 0 Å². The maximum atomic E-state index is 12.3. The van der Waals surface area contributed by atoms with Crippen LogP contribution in [0.15, 0.2) is 34.7 Å². The molecule has 0 unspecified atom stereocenters. The predicted molar refractivity (Wildman–Crippen MR) is 108 cm³/mol. The molecule has 2 aromatic heterocycles. The van der Waals surface area contributed by atoms with E-state index in [1.54, 1.807) is 0 Å². The molecule has 0 radical (unpaired) electrons. The van der Waals surface area contributed by atoms with Gasteiger partial charge < -0.3 is 9.73 Å². The summed E-state index contributed by atoms with van der Waals surface area (Å²) >= 11 is 0. The van der Waals surface area contributed by atoms with Gasteiger partial charge in [-0.3, -0.25) is 9.48 Å². The minimum atomic E-state index is 0.129. The molecule has 1 aromatic carbocycles. The molecule has 2 heterocycles. The summed E-state index contributed by atoms with van der Waals surface area (Å²) in [5.41, 5.74) is 4.67. The molecule has 1 aliphatic rings. The molecule has 3 aromatic rings. The molecule has 0 bridgehead atoms. The van der Waals surface area contributed by atoms with Crippen molar-refractivity contribution in [1.29, 1.82) is 0 Å². The number of anilines is 1. The maximum Gasteiger partial charge on any atom is 0.227 e.